The molecular formula is C10H4N4O4-2. The Balaban J connectivity index is 3.55. The van der Waals surface area contributed by atoms with Crippen molar-refractivity contribution in [3.05, 3.63) is 55.2 Å². The molecule has 0 spiro atoms. The molecule has 0 saturated heterocycles. The molecule has 0 atom stereocenters. The van der Waals surface area contributed by atoms with E-state index in [0.717, 1.165) is 0 Å². The molecule has 8 nitrogen and oxygen atoms in total. The fourth-order valence-corrected chi connectivity index (χ4v) is 1.21. The second-order valence-corrected chi connectivity index (χ2v) is 3.01. The highest BCUT2D eigenvalue weighted by Gasteiger charge is 2.09. The topological polar surface area (TPSA) is 140 Å². The van der Waals surface area contributed by atoms with E-state index in [1.165, 1.54) is 36.4 Å². The number of hydrogen-bond donors (Lipinski definition) is 0. The lowest BCUT2D eigenvalue weighted by Crippen LogP contribution is -2.19. The summed E-state index contributed by atoms with van der Waals surface area (Å²) in [7, 11) is 0. The molecular weight excluding hydrogens is 240 g/mol. The third-order valence-corrected chi connectivity index (χ3v) is 2.01. The Morgan fingerprint density at radius 3 is 1.94 bits per heavy atom. The summed E-state index contributed by atoms with van der Waals surface area (Å²) < 4.78 is 0. The first-order chi connectivity index (χ1) is 8.51. The van der Waals surface area contributed by atoms with Crippen molar-refractivity contribution < 1.29 is 4.92 Å². The predicted octanol–water partition coefficient (Wildman–Crippen LogP) is -0.476. The molecule has 0 amide bonds. The maximum atomic E-state index is 10.5. The highest BCUT2D eigenvalue weighted by atomic mass is 16.8. The van der Waals surface area contributed by atoms with Crippen molar-refractivity contribution in [2.45, 2.75) is 0 Å². The number of nitriles is 2. The Morgan fingerprint density at radius 2 is 1.61 bits per heavy atom. The molecule has 18 heavy (non-hydrogen) atoms. The van der Waals surface area contributed by atoms with Crippen LogP contribution in [0.4, 0.5) is 0 Å². The monoisotopic (exact) mass is 244 g/mol. The van der Waals surface area contributed by atoms with Gasteiger partial charge in [0.2, 0.25) is 0 Å². The minimum Gasteiger partial charge on any atom is -0.769 e. The highest BCUT2D eigenvalue weighted by molar-refractivity contribution is 5.59. The van der Waals surface area contributed by atoms with Crippen molar-refractivity contribution in [3.63, 3.8) is 0 Å². The molecule has 8 heteroatoms. The zero-order valence-corrected chi connectivity index (χ0v) is 8.73. The normalized spacial score (nSPS) is 8.89. The smallest absolute Gasteiger partial charge is 0.352 e. The van der Waals surface area contributed by atoms with Crippen molar-refractivity contribution in [3.8, 4) is 12.1 Å². The summed E-state index contributed by atoms with van der Waals surface area (Å²) >= 11 is 0. The van der Waals surface area contributed by atoms with Gasteiger partial charge in [0.05, 0.1) is 10.1 Å². The lowest BCUT2D eigenvalue weighted by atomic mass is 10.2. The summed E-state index contributed by atoms with van der Waals surface area (Å²) in [5.74, 6) is 0. The van der Waals surface area contributed by atoms with Crippen molar-refractivity contribution in [2.75, 3.05) is 0 Å². The number of benzene rings is 1. The third kappa shape index (κ3) is 2.59. The van der Waals surface area contributed by atoms with Gasteiger partial charge in [0.15, 0.2) is 6.07 Å². The van der Waals surface area contributed by atoms with Crippen LogP contribution in [0.1, 0.15) is 0 Å². The molecule has 90 valence electrons. The predicted molar refractivity (Wildman–Crippen MR) is 59.3 cm³/mol. The van der Waals surface area contributed by atoms with E-state index in [4.69, 9.17) is 10.5 Å². The molecule has 0 aromatic heterocycles. The maximum Gasteiger partial charge on any atom is 0.352 e. The summed E-state index contributed by atoms with van der Waals surface area (Å²) in [6.45, 7) is 0. The molecule has 1 aromatic rings. The fourth-order valence-electron chi connectivity index (χ4n) is 1.21. The lowest BCUT2D eigenvalue weighted by Gasteiger charge is -2.36. The van der Waals surface area contributed by atoms with E-state index in [-0.39, 0.29) is 10.4 Å². The zero-order chi connectivity index (χ0) is 13.7. The minimum absolute atomic E-state index is 0.0203. The van der Waals surface area contributed by atoms with Crippen LogP contribution in [0.2, 0.25) is 0 Å². The van der Waals surface area contributed by atoms with Gasteiger partial charge in [-0.3, -0.25) is 10.1 Å². The average molecular weight is 244 g/mol. The molecule has 0 bridgehead atoms. The molecule has 1 rings (SSSR count). The van der Waals surface area contributed by atoms with Gasteiger partial charge in [-0.25, -0.2) is 0 Å². The first-order valence-corrected chi connectivity index (χ1v) is 4.45. The van der Waals surface area contributed by atoms with Gasteiger partial charge in [-0.1, -0.05) is 12.1 Å². The van der Waals surface area contributed by atoms with Gasteiger partial charge in [0.1, 0.15) is 11.8 Å². The SMILES string of the molecule is N#CC(=c1ccc(=C(C#N)[N+](=O)[O-])cc1)N([O-])[O-]. The number of nitrogens with zero attached hydrogens (tertiary/aromatic N) is 4. The molecule has 0 radical (unpaired) electrons. The molecule has 0 unspecified atom stereocenters. The van der Waals surface area contributed by atoms with Crippen molar-refractivity contribution in [1.82, 2.24) is 5.23 Å². The third-order valence-electron chi connectivity index (χ3n) is 2.01. The molecule has 0 aliphatic rings. The number of rotatable bonds is 2. The molecule has 0 saturated carbocycles. The first kappa shape index (κ1) is 13.1. The van der Waals surface area contributed by atoms with Gasteiger partial charge in [0.25, 0.3) is 0 Å². The van der Waals surface area contributed by atoms with Crippen LogP contribution >= 0.6 is 0 Å². The van der Waals surface area contributed by atoms with Gasteiger partial charge in [-0.2, -0.15) is 10.5 Å². The van der Waals surface area contributed by atoms with E-state index < -0.39 is 21.5 Å². The van der Waals surface area contributed by atoms with E-state index in [1.54, 1.807) is 0 Å². The molecule has 0 aliphatic heterocycles. The molecule has 0 aliphatic carbocycles. The minimum atomic E-state index is -0.850. The van der Waals surface area contributed by atoms with Gasteiger partial charge in [0, 0.05) is 5.22 Å². The van der Waals surface area contributed by atoms with Crippen molar-refractivity contribution in [2.24, 2.45) is 0 Å². The maximum absolute atomic E-state index is 10.5. The standard InChI is InChI=1S/C10H4N4O4/c11-5-9(13(15)16)7-1-2-8(4-3-7)10(6-12)14(17)18/h1-4H/q-2. The largest absolute Gasteiger partial charge is 0.769 e. The fraction of sp³-hybridized carbons (Fsp3) is 0. The lowest BCUT2D eigenvalue weighted by molar-refractivity contribution is -0.374. The van der Waals surface area contributed by atoms with E-state index >= 15 is 0 Å². The van der Waals surface area contributed by atoms with Crippen molar-refractivity contribution in [1.29, 1.82) is 10.5 Å². The van der Waals surface area contributed by atoms with E-state index in [2.05, 4.69) is 0 Å². The van der Waals surface area contributed by atoms with Crippen molar-refractivity contribution >= 4 is 11.4 Å². The summed E-state index contributed by atoms with van der Waals surface area (Å²) in [6.07, 6.45) is 0. The molecule has 0 fully saturated rings. The number of hydrogen-bond acceptors (Lipinski definition) is 7. The summed E-state index contributed by atoms with van der Waals surface area (Å²) in [6, 6.07) is 7.54. The van der Waals surface area contributed by atoms with E-state index in [0.29, 0.717) is 0 Å². The second-order valence-electron chi connectivity index (χ2n) is 3.01. The summed E-state index contributed by atoms with van der Waals surface area (Å²) in [5.41, 5.74) is -1.33. The molecule has 0 N–H and O–H groups in total. The Morgan fingerprint density at radius 1 is 1.11 bits per heavy atom. The van der Waals surface area contributed by atoms with Crippen LogP contribution < -0.4 is 10.4 Å². The van der Waals surface area contributed by atoms with Crippen LogP contribution in [0, 0.1) is 43.2 Å². The Hall–Kier alpha value is -2.94. The Kier molecular flexibility index (Phi) is 3.94. The Labute approximate surface area is 100 Å². The molecule has 1 aromatic carbocycles. The zero-order valence-electron chi connectivity index (χ0n) is 8.73. The summed E-state index contributed by atoms with van der Waals surface area (Å²) in [4.78, 5) is 9.64. The van der Waals surface area contributed by atoms with Gasteiger partial charge >= 0.3 is 5.70 Å². The van der Waals surface area contributed by atoms with Crippen LogP contribution in [-0.2, 0) is 0 Å². The average Bonchev–Trinajstić information content (AvgIpc) is 2.32. The van der Waals surface area contributed by atoms with E-state index in [9.17, 15) is 20.5 Å². The van der Waals surface area contributed by atoms with Gasteiger partial charge in [-0.05, 0) is 12.1 Å². The first-order valence-electron chi connectivity index (χ1n) is 4.45. The second kappa shape index (κ2) is 5.41. The van der Waals surface area contributed by atoms with Crippen LogP contribution in [0.5, 0.6) is 0 Å². The number of hydroxylamine groups is 2. The van der Waals surface area contributed by atoms with Crippen LogP contribution in [0.15, 0.2) is 24.3 Å². The highest BCUT2D eigenvalue weighted by Crippen LogP contribution is 1.96. The molecule has 0 heterocycles. The quantitative estimate of drug-likeness (QED) is 0.505. The Bertz CT molecular complexity index is 658. The van der Waals surface area contributed by atoms with Gasteiger partial charge in [-0.15, -0.1) is 0 Å². The van der Waals surface area contributed by atoms with E-state index in [1.807, 2.05) is 0 Å². The summed E-state index contributed by atoms with van der Waals surface area (Å²) in [5, 5.41) is 47.8. The van der Waals surface area contributed by atoms with Crippen LogP contribution in [0.3, 0.4) is 0 Å². The van der Waals surface area contributed by atoms with Crippen LogP contribution in [0.25, 0.3) is 11.4 Å². The van der Waals surface area contributed by atoms with Crippen LogP contribution in [-0.4, -0.2) is 10.1 Å². The number of nitro groups is 1. The van der Waals surface area contributed by atoms with Gasteiger partial charge < -0.3 is 15.6 Å².